The minimum atomic E-state index is 0.204. The van der Waals surface area contributed by atoms with E-state index < -0.39 is 0 Å². The molecule has 1 heterocycles. The first kappa shape index (κ1) is 15.4. The number of halogens is 1. The van der Waals surface area contributed by atoms with Crippen LogP contribution in [0.15, 0.2) is 4.47 Å². The van der Waals surface area contributed by atoms with E-state index in [1.807, 2.05) is 0 Å². The molecule has 102 valence electrons. The quantitative estimate of drug-likeness (QED) is 0.838. The molecule has 0 aliphatic heterocycles. The first-order valence-electron chi connectivity index (χ1n) is 6.43. The molecule has 0 aromatic carbocycles. The zero-order valence-corrected chi connectivity index (χ0v) is 13.2. The Bertz CT molecular complexity index is 385. The lowest BCUT2D eigenvalue weighted by Crippen LogP contribution is -2.13. The Hall–Kier alpha value is -0.680. The van der Waals surface area contributed by atoms with Gasteiger partial charge in [-0.3, -0.25) is 0 Å². The van der Waals surface area contributed by atoms with Gasteiger partial charge in [-0.05, 0) is 28.8 Å². The van der Waals surface area contributed by atoms with Gasteiger partial charge in [-0.15, -0.1) is 0 Å². The van der Waals surface area contributed by atoms with Crippen LogP contribution in [0.4, 0.5) is 5.82 Å². The number of nitrogens with zero attached hydrogens (tertiary/aromatic N) is 2. The fourth-order valence-electron chi connectivity index (χ4n) is 1.65. The first-order chi connectivity index (χ1) is 8.63. The molecule has 1 atom stereocenters. The largest absolute Gasteiger partial charge is 0.384 e. The third-order valence-corrected chi connectivity index (χ3v) is 3.51. The Labute approximate surface area is 118 Å². The average Bonchev–Trinajstić information content (AvgIpc) is 2.37. The van der Waals surface area contributed by atoms with Crippen molar-refractivity contribution in [2.45, 2.75) is 39.5 Å². The van der Waals surface area contributed by atoms with Crippen LogP contribution >= 0.6 is 15.9 Å². The molecule has 1 N–H and O–H groups in total. The number of aryl methyl sites for hydroxylation is 1. The van der Waals surface area contributed by atoms with Crippen LogP contribution in [0.25, 0.3) is 0 Å². The highest BCUT2D eigenvalue weighted by molar-refractivity contribution is 9.10. The van der Waals surface area contributed by atoms with E-state index in [0.717, 1.165) is 41.2 Å². The molecule has 0 fully saturated rings. The highest BCUT2D eigenvalue weighted by Crippen LogP contribution is 2.26. The Morgan fingerprint density at radius 1 is 1.33 bits per heavy atom. The minimum absolute atomic E-state index is 0.204. The summed E-state index contributed by atoms with van der Waals surface area (Å²) in [7, 11) is 1.70. The van der Waals surface area contributed by atoms with Crippen molar-refractivity contribution in [3.63, 3.8) is 0 Å². The van der Waals surface area contributed by atoms with Gasteiger partial charge in [-0.2, -0.15) is 0 Å². The number of aromatic nitrogens is 2. The fraction of sp³-hybridized carbons (Fsp3) is 0.692. The van der Waals surface area contributed by atoms with E-state index in [4.69, 9.17) is 4.74 Å². The molecule has 1 aromatic heterocycles. The van der Waals surface area contributed by atoms with Crippen LogP contribution < -0.4 is 5.32 Å². The van der Waals surface area contributed by atoms with Gasteiger partial charge >= 0.3 is 0 Å². The van der Waals surface area contributed by atoms with Gasteiger partial charge in [0, 0.05) is 19.6 Å². The molecule has 0 saturated carbocycles. The maximum atomic E-state index is 5.17. The molecule has 1 rings (SSSR count). The Morgan fingerprint density at radius 3 is 2.61 bits per heavy atom. The predicted molar refractivity (Wildman–Crippen MR) is 78.2 cm³/mol. The second kappa shape index (κ2) is 7.69. The smallest absolute Gasteiger partial charge is 0.144 e. The summed E-state index contributed by atoms with van der Waals surface area (Å²) >= 11 is 3.58. The van der Waals surface area contributed by atoms with Gasteiger partial charge in [-0.25, -0.2) is 9.97 Å². The van der Waals surface area contributed by atoms with Gasteiger partial charge in [0.15, 0.2) is 0 Å². The standard InChI is InChI=1S/C13H22BrN3O/c1-5-7-15-13-11(14)10(6-2)16-12(17-13)9(3)8-18-4/h9H,5-8H2,1-4H3,(H,15,16,17). The second-order valence-corrected chi connectivity index (χ2v) is 5.12. The first-order valence-corrected chi connectivity index (χ1v) is 7.22. The summed E-state index contributed by atoms with van der Waals surface area (Å²) in [4.78, 5) is 9.19. The van der Waals surface area contributed by atoms with E-state index in [1.54, 1.807) is 7.11 Å². The Morgan fingerprint density at radius 2 is 2.06 bits per heavy atom. The van der Waals surface area contributed by atoms with E-state index >= 15 is 0 Å². The normalized spacial score (nSPS) is 12.5. The molecule has 0 aliphatic rings. The summed E-state index contributed by atoms with van der Waals surface area (Å²) in [5.41, 5.74) is 1.04. The zero-order chi connectivity index (χ0) is 13.5. The number of ether oxygens (including phenoxy) is 1. The van der Waals surface area contributed by atoms with E-state index in [9.17, 15) is 0 Å². The molecule has 5 heteroatoms. The summed E-state index contributed by atoms with van der Waals surface area (Å²) < 4.78 is 6.15. The highest BCUT2D eigenvalue weighted by Gasteiger charge is 2.15. The summed E-state index contributed by atoms with van der Waals surface area (Å²) in [5, 5.41) is 3.34. The van der Waals surface area contributed by atoms with Crippen LogP contribution in [0.1, 0.15) is 44.6 Å². The van der Waals surface area contributed by atoms with Crippen LogP contribution in [-0.2, 0) is 11.2 Å². The highest BCUT2D eigenvalue weighted by atomic mass is 79.9. The van der Waals surface area contributed by atoms with Crippen molar-refractivity contribution in [2.24, 2.45) is 0 Å². The van der Waals surface area contributed by atoms with Crippen LogP contribution in [0.2, 0.25) is 0 Å². The molecule has 0 amide bonds. The van der Waals surface area contributed by atoms with Gasteiger partial charge in [0.2, 0.25) is 0 Å². The molecule has 0 aliphatic carbocycles. The monoisotopic (exact) mass is 315 g/mol. The molecule has 0 saturated heterocycles. The third-order valence-electron chi connectivity index (χ3n) is 2.67. The van der Waals surface area contributed by atoms with Gasteiger partial charge in [-0.1, -0.05) is 20.8 Å². The molecule has 0 bridgehead atoms. The SMILES string of the molecule is CCCNc1nc(C(C)COC)nc(CC)c1Br. The number of hydrogen-bond acceptors (Lipinski definition) is 4. The summed E-state index contributed by atoms with van der Waals surface area (Å²) in [6, 6.07) is 0. The van der Waals surface area contributed by atoms with Crippen LogP contribution in [0.3, 0.4) is 0 Å². The number of hydrogen-bond donors (Lipinski definition) is 1. The van der Waals surface area contributed by atoms with Crippen molar-refractivity contribution in [1.82, 2.24) is 9.97 Å². The lowest BCUT2D eigenvalue weighted by atomic mass is 10.1. The Balaban J connectivity index is 3.04. The second-order valence-electron chi connectivity index (χ2n) is 4.33. The van der Waals surface area contributed by atoms with E-state index in [2.05, 4.69) is 52.0 Å². The van der Waals surface area contributed by atoms with Crippen molar-refractivity contribution in [1.29, 1.82) is 0 Å². The third kappa shape index (κ3) is 3.92. The van der Waals surface area contributed by atoms with Crippen molar-refractivity contribution < 1.29 is 4.74 Å². The Kier molecular flexibility index (Phi) is 6.57. The maximum Gasteiger partial charge on any atom is 0.144 e. The number of rotatable bonds is 7. The fourth-order valence-corrected chi connectivity index (χ4v) is 2.25. The number of nitrogens with one attached hydrogen (secondary N) is 1. The molecular weight excluding hydrogens is 294 g/mol. The van der Waals surface area contributed by atoms with Crippen LogP contribution in [-0.4, -0.2) is 30.2 Å². The van der Waals surface area contributed by atoms with E-state index in [1.165, 1.54) is 0 Å². The topological polar surface area (TPSA) is 47.0 Å². The minimum Gasteiger partial charge on any atom is -0.384 e. The number of methoxy groups -OCH3 is 1. The van der Waals surface area contributed by atoms with Gasteiger partial charge in [0.25, 0.3) is 0 Å². The summed E-state index contributed by atoms with van der Waals surface area (Å²) in [5.74, 6) is 1.94. The van der Waals surface area contributed by atoms with E-state index in [0.29, 0.717) is 6.61 Å². The molecule has 0 spiro atoms. The van der Waals surface area contributed by atoms with Crippen LogP contribution in [0, 0.1) is 0 Å². The number of anilines is 1. The van der Waals surface area contributed by atoms with Gasteiger partial charge in [0.05, 0.1) is 16.8 Å². The van der Waals surface area contributed by atoms with Crippen molar-refractivity contribution >= 4 is 21.7 Å². The van der Waals surface area contributed by atoms with Gasteiger partial charge in [0.1, 0.15) is 11.6 Å². The average molecular weight is 316 g/mol. The summed E-state index contributed by atoms with van der Waals surface area (Å²) in [6.07, 6.45) is 1.96. The molecular formula is C13H22BrN3O. The maximum absolute atomic E-state index is 5.17. The van der Waals surface area contributed by atoms with Gasteiger partial charge < -0.3 is 10.1 Å². The lowest BCUT2D eigenvalue weighted by molar-refractivity contribution is 0.181. The molecule has 1 unspecified atom stereocenters. The predicted octanol–water partition coefficient (Wildman–Crippen LogP) is 3.37. The van der Waals surface area contributed by atoms with Crippen molar-refractivity contribution in [3.8, 4) is 0 Å². The molecule has 0 radical (unpaired) electrons. The lowest BCUT2D eigenvalue weighted by Gasteiger charge is -2.15. The van der Waals surface area contributed by atoms with Crippen LogP contribution in [0.5, 0.6) is 0 Å². The molecule has 18 heavy (non-hydrogen) atoms. The van der Waals surface area contributed by atoms with E-state index in [-0.39, 0.29) is 5.92 Å². The van der Waals surface area contributed by atoms with Crippen molar-refractivity contribution in [2.75, 3.05) is 25.6 Å². The molecule has 4 nitrogen and oxygen atoms in total. The summed E-state index contributed by atoms with van der Waals surface area (Å²) in [6.45, 7) is 7.86. The van der Waals surface area contributed by atoms with Crippen molar-refractivity contribution in [3.05, 3.63) is 16.0 Å². The molecule has 1 aromatic rings. The zero-order valence-electron chi connectivity index (χ0n) is 11.6.